The van der Waals surface area contributed by atoms with Crippen LogP contribution in [0.3, 0.4) is 0 Å². The van der Waals surface area contributed by atoms with Crippen LogP contribution < -0.4 is 14.8 Å². The zero-order chi connectivity index (χ0) is 15.4. The van der Waals surface area contributed by atoms with Gasteiger partial charge < -0.3 is 14.8 Å². The number of anilines is 2. The minimum absolute atomic E-state index is 0.0344. The number of aromatic nitrogens is 1. The third-order valence-electron chi connectivity index (χ3n) is 2.65. The zero-order valence-electron chi connectivity index (χ0n) is 11.3. The van der Waals surface area contributed by atoms with Crippen LogP contribution in [0.2, 0.25) is 5.15 Å². The van der Waals surface area contributed by atoms with E-state index < -0.39 is 4.92 Å². The molecule has 1 aromatic heterocycles. The number of hydrogen-bond acceptors (Lipinski definition) is 6. The minimum Gasteiger partial charge on any atom is -0.493 e. The quantitative estimate of drug-likeness (QED) is 0.517. The Morgan fingerprint density at radius 2 is 1.90 bits per heavy atom. The molecule has 2 rings (SSSR count). The third kappa shape index (κ3) is 3.51. The molecule has 2 aromatic rings. The molecule has 0 saturated heterocycles. The first-order valence-electron chi connectivity index (χ1n) is 5.84. The zero-order valence-corrected chi connectivity index (χ0v) is 12.0. The van der Waals surface area contributed by atoms with Crippen molar-refractivity contribution in [2.45, 2.75) is 0 Å². The molecule has 8 heteroatoms. The van der Waals surface area contributed by atoms with E-state index in [1.54, 1.807) is 18.2 Å². The van der Waals surface area contributed by atoms with Gasteiger partial charge in [-0.1, -0.05) is 11.6 Å². The molecule has 1 aromatic carbocycles. The van der Waals surface area contributed by atoms with E-state index >= 15 is 0 Å². The van der Waals surface area contributed by atoms with Gasteiger partial charge in [-0.25, -0.2) is 4.98 Å². The molecule has 0 unspecified atom stereocenters. The Morgan fingerprint density at radius 1 is 1.19 bits per heavy atom. The van der Waals surface area contributed by atoms with Crippen LogP contribution in [0.15, 0.2) is 30.3 Å². The van der Waals surface area contributed by atoms with Crippen molar-refractivity contribution < 1.29 is 14.4 Å². The Balaban J connectivity index is 2.31. The number of benzene rings is 1. The highest BCUT2D eigenvalue weighted by Gasteiger charge is 2.11. The van der Waals surface area contributed by atoms with E-state index in [0.717, 1.165) is 0 Å². The highest BCUT2D eigenvalue weighted by molar-refractivity contribution is 6.29. The van der Waals surface area contributed by atoms with Gasteiger partial charge in [0.1, 0.15) is 11.0 Å². The number of methoxy groups -OCH3 is 2. The number of rotatable bonds is 5. The molecular weight excluding hydrogens is 298 g/mol. The van der Waals surface area contributed by atoms with Crippen LogP contribution in [-0.2, 0) is 0 Å². The van der Waals surface area contributed by atoms with E-state index in [2.05, 4.69) is 10.3 Å². The van der Waals surface area contributed by atoms with Crippen molar-refractivity contribution in [2.75, 3.05) is 19.5 Å². The van der Waals surface area contributed by atoms with Crippen LogP contribution in [0, 0.1) is 10.1 Å². The molecule has 110 valence electrons. The van der Waals surface area contributed by atoms with Crippen molar-refractivity contribution in [2.24, 2.45) is 0 Å². The molecule has 0 atom stereocenters. The van der Waals surface area contributed by atoms with Crippen molar-refractivity contribution in [3.63, 3.8) is 0 Å². The van der Waals surface area contributed by atoms with E-state index in [-0.39, 0.29) is 16.7 Å². The molecular formula is C13H12ClN3O4. The fraction of sp³-hybridized carbons (Fsp3) is 0.154. The second-order valence-corrected chi connectivity index (χ2v) is 4.37. The summed E-state index contributed by atoms with van der Waals surface area (Å²) >= 11 is 5.77. The van der Waals surface area contributed by atoms with Gasteiger partial charge >= 0.3 is 0 Å². The first-order chi connectivity index (χ1) is 10.0. The van der Waals surface area contributed by atoms with Crippen LogP contribution in [-0.4, -0.2) is 24.1 Å². The lowest BCUT2D eigenvalue weighted by atomic mass is 10.2. The Morgan fingerprint density at radius 3 is 2.52 bits per heavy atom. The van der Waals surface area contributed by atoms with Crippen LogP contribution in [0.25, 0.3) is 0 Å². The molecule has 0 aliphatic rings. The van der Waals surface area contributed by atoms with E-state index in [9.17, 15) is 10.1 Å². The topological polar surface area (TPSA) is 86.5 Å². The van der Waals surface area contributed by atoms with E-state index in [4.69, 9.17) is 21.1 Å². The molecule has 0 fully saturated rings. The van der Waals surface area contributed by atoms with Gasteiger partial charge in [-0.2, -0.15) is 0 Å². The number of nitrogens with one attached hydrogen (secondary N) is 1. The summed E-state index contributed by atoms with van der Waals surface area (Å²) in [5.74, 6) is 1.37. The van der Waals surface area contributed by atoms with Gasteiger partial charge in [0.25, 0.3) is 5.69 Å². The van der Waals surface area contributed by atoms with Gasteiger partial charge in [-0.3, -0.25) is 10.1 Å². The van der Waals surface area contributed by atoms with Crippen LogP contribution in [0.1, 0.15) is 0 Å². The molecule has 0 spiro atoms. The first-order valence-corrected chi connectivity index (χ1v) is 6.22. The number of ether oxygens (including phenoxy) is 2. The fourth-order valence-corrected chi connectivity index (χ4v) is 1.92. The monoisotopic (exact) mass is 309 g/mol. The molecule has 0 saturated carbocycles. The van der Waals surface area contributed by atoms with E-state index in [0.29, 0.717) is 17.2 Å². The highest BCUT2D eigenvalue weighted by Crippen LogP contribution is 2.31. The number of halogens is 1. The summed E-state index contributed by atoms with van der Waals surface area (Å²) in [5, 5.41) is 13.8. The second kappa shape index (κ2) is 6.27. The summed E-state index contributed by atoms with van der Waals surface area (Å²) in [6.07, 6.45) is 0. The number of nitro groups is 1. The minimum atomic E-state index is -0.534. The summed E-state index contributed by atoms with van der Waals surface area (Å²) in [5.41, 5.74) is 0.495. The number of hydrogen-bond donors (Lipinski definition) is 1. The maximum absolute atomic E-state index is 10.8. The predicted octanol–water partition coefficient (Wildman–Crippen LogP) is 3.40. The van der Waals surface area contributed by atoms with Gasteiger partial charge in [0, 0.05) is 11.8 Å². The Hall–Kier alpha value is -2.54. The molecule has 21 heavy (non-hydrogen) atoms. The Labute approximate surface area is 125 Å². The van der Waals surface area contributed by atoms with Crippen molar-refractivity contribution in [3.05, 3.63) is 45.6 Å². The van der Waals surface area contributed by atoms with Gasteiger partial charge in [-0.15, -0.1) is 0 Å². The molecule has 0 radical (unpaired) electrons. The van der Waals surface area contributed by atoms with Crippen LogP contribution in [0.5, 0.6) is 11.5 Å². The first kappa shape index (κ1) is 14.9. The lowest BCUT2D eigenvalue weighted by Gasteiger charge is -2.11. The third-order valence-corrected chi connectivity index (χ3v) is 2.84. The molecule has 1 N–H and O–H groups in total. The van der Waals surface area contributed by atoms with Gasteiger partial charge in [0.15, 0.2) is 11.5 Å². The Kier molecular flexibility index (Phi) is 4.44. The van der Waals surface area contributed by atoms with Gasteiger partial charge in [-0.05, 0) is 12.1 Å². The highest BCUT2D eigenvalue weighted by atomic mass is 35.5. The van der Waals surface area contributed by atoms with Gasteiger partial charge in [0.05, 0.1) is 31.3 Å². The fourth-order valence-electron chi connectivity index (χ4n) is 1.71. The molecule has 1 heterocycles. The van der Waals surface area contributed by atoms with Crippen molar-refractivity contribution in [1.29, 1.82) is 0 Å². The summed E-state index contributed by atoms with van der Waals surface area (Å²) in [6, 6.07) is 7.60. The summed E-state index contributed by atoms with van der Waals surface area (Å²) in [6.45, 7) is 0. The van der Waals surface area contributed by atoms with Crippen molar-refractivity contribution in [3.8, 4) is 11.5 Å². The maximum atomic E-state index is 10.8. The standard InChI is InChI=1S/C13H12ClN3O4/c1-20-10-4-3-8(5-11(10)21-2)15-13-7-9(17(18)19)6-12(14)16-13/h3-7H,1-2H3,(H,15,16). The lowest BCUT2D eigenvalue weighted by Crippen LogP contribution is -1.98. The molecule has 0 bridgehead atoms. The molecule has 0 aliphatic heterocycles. The van der Waals surface area contributed by atoms with E-state index in [1.807, 2.05) is 0 Å². The maximum Gasteiger partial charge on any atom is 0.276 e. The normalized spacial score (nSPS) is 10.0. The average molecular weight is 310 g/mol. The summed E-state index contributed by atoms with van der Waals surface area (Å²) in [7, 11) is 3.05. The molecule has 0 aliphatic carbocycles. The average Bonchev–Trinajstić information content (AvgIpc) is 2.46. The lowest BCUT2D eigenvalue weighted by molar-refractivity contribution is -0.384. The number of pyridine rings is 1. The van der Waals surface area contributed by atoms with Crippen LogP contribution >= 0.6 is 11.6 Å². The largest absolute Gasteiger partial charge is 0.493 e. The Bertz CT molecular complexity index is 678. The number of nitrogens with zero attached hydrogens (tertiary/aromatic N) is 2. The van der Waals surface area contributed by atoms with E-state index in [1.165, 1.54) is 26.4 Å². The summed E-state index contributed by atoms with van der Waals surface area (Å²) < 4.78 is 10.3. The van der Waals surface area contributed by atoms with Crippen LogP contribution in [0.4, 0.5) is 17.2 Å². The smallest absolute Gasteiger partial charge is 0.276 e. The second-order valence-electron chi connectivity index (χ2n) is 3.99. The predicted molar refractivity (Wildman–Crippen MR) is 78.7 cm³/mol. The van der Waals surface area contributed by atoms with Crippen molar-refractivity contribution in [1.82, 2.24) is 4.98 Å². The van der Waals surface area contributed by atoms with Crippen molar-refractivity contribution >= 4 is 28.8 Å². The van der Waals surface area contributed by atoms with Gasteiger partial charge in [0.2, 0.25) is 0 Å². The molecule has 0 amide bonds. The molecule has 7 nitrogen and oxygen atoms in total. The summed E-state index contributed by atoms with van der Waals surface area (Å²) in [4.78, 5) is 14.2. The SMILES string of the molecule is COc1ccc(Nc2cc([N+](=O)[O-])cc(Cl)n2)cc1OC.